The van der Waals surface area contributed by atoms with Gasteiger partial charge in [0.15, 0.2) is 0 Å². The molecule has 2 nitrogen and oxygen atoms in total. The first-order valence-corrected chi connectivity index (χ1v) is 8.31. The van der Waals surface area contributed by atoms with Crippen molar-refractivity contribution >= 4 is 0 Å². The summed E-state index contributed by atoms with van der Waals surface area (Å²) in [6.45, 7) is 6.19. The summed E-state index contributed by atoms with van der Waals surface area (Å²) in [5.74, 6) is 4.37. The van der Waals surface area contributed by atoms with Crippen LogP contribution in [0.1, 0.15) is 45.4 Å². The Balaban J connectivity index is 1.50. The monoisotopic (exact) mass is 248 g/mol. The Morgan fingerprint density at radius 3 is 2.28 bits per heavy atom. The van der Waals surface area contributed by atoms with Crippen LogP contribution in [-0.2, 0) is 0 Å². The molecular formula is C16H28N2. The third kappa shape index (κ3) is 1.84. The predicted molar refractivity (Wildman–Crippen MR) is 74.5 cm³/mol. The first-order valence-electron chi connectivity index (χ1n) is 8.31. The van der Waals surface area contributed by atoms with Crippen molar-refractivity contribution in [3.63, 3.8) is 0 Å². The van der Waals surface area contributed by atoms with Crippen molar-refractivity contribution in [3.05, 3.63) is 0 Å². The van der Waals surface area contributed by atoms with E-state index in [4.69, 9.17) is 0 Å². The third-order valence-corrected chi connectivity index (χ3v) is 6.38. The number of hydrogen-bond donors (Lipinski definition) is 1. The van der Waals surface area contributed by atoms with Crippen LogP contribution in [0.25, 0.3) is 0 Å². The molecule has 0 radical (unpaired) electrons. The fourth-order valence-electron chi connectivity index (χ4n) is 5.89. The first kappa shape index (κ1) is 11.7. The average molecular weight is 248 g/mol. The Bertz CT molecular complexity index is 286. The summed E-state index contributed by atoms with van der Waals surface area (Å²) in [7, 11) is 0. The molecule has 4 aliphatic carbocycles. The first-order chi connectivity index (χ1) is 8.83. The van der Waals surface area contributed by atoms with Crippen molar-refractivity contribution in [3.8, 4) is 0 Å². The Morgan fingerprint density at radius 2 is 1.67 bits per heavy atom. The van der Waals surface area contributed by atoms with Gasteiger partial charge in [-0.25, -0.2) is 0 Å². The molecule has 1 heterocycles. The molecule has 2 heteroatoms. The van der Waals surface area contributed by atoms with E-state index in [0.717, 1.165) is 35.8 Å². The van der Waals surface area contributed by atoms with Gasteiger partial charge in [-0.05, 0) is 62.2 Å². The molecule has 18 heavy (non-hydrogen) atoms. The highest BCUT2D eigenvalue weighted by Gasteiger charge is 2.50. The number of nitrogens with zero attached hydrogens (tertiary/aromatic N) is 1. The molecule has 1 atom stereocenters. The maximum Gasteiger partial charge on any atom is 0.0193 e. The highest BCUT2D eigenvalue weighted by molar-refractivity contribution is 5.03. The molecule has 4 bridgehead atoms. The topological polar surface area (TPSA) is 15.3 Å². The van der Waals surface area contributed by atoms with Gasteiger partial charge in [0, 0.05) is 31.7 Å². The Morgan fingerprint density at radius 1 is 1.00 bits per heavy atom. The highest BCUT2D eigenvalue weighted by Crippen LogP contribution is 2.55. The van der Waals surface area contributed by atoms with Gasteiger partial charge in [0.2, 0.25) is 0 Å². The van der Waals surface area contributed by atoms with Crippen LogP contribution >= 0.6 is 0 Å². The molecule has 0 aromatic carbocycles. The van der Waals surface area contributed by atoms with E-state index in [1.165, 1.54) is 26.1 Å². The van der Waals surface area contributed by atoms with E-state index in [1.807, 2.05) is 0 Å². The third-order valence-electron chi connectivity index (χ3n) is 6.38. The van der Waals surface area contributed by atoms with Gasteiger partial charge in [-0.2, -0.15) is 0 Å². The zero-order chi connectivity index (χ0) is 12.1. The summed E-state index contributed by atoms with van der Waals surface area (Å²) in [4.78, 5) is 2.89. The number of hydrogen-bond acceptors (Lipinski definition) is 2. The zero-order valence-electron chi connectivity index (χ0n) is 11.8. The van der Waals surface area contributed by atoms with Crippen molar-refractivity contribution in [1.29, 1.82) is 0 Å². The molecule has 5 fully saturated rings. The lowest BCUT2D eigenvalue weighted by molar-refractivity contribution is -0.0721. The fraction of sp³-hybridized carbons (Fsp3) is 1.00. The molecule has 1 aliphatic heterocycles. The van der Waals surface area contributed by atoms with E-state index < -0.39 is 0 Å². The Hall–Kier alpha value is -0.0800. The fourth-order valence-corrected chi connectivity index (χ4v) is 5.89. The average Bonchev–Trinajstić information content (AvgIpc) is 2.38. The van der Waals surface area contributed by atoms with Gasteiger partial charge in [-0.1, -0.05) is 6.92 Å². The van der Waals surface area contributed by atoms with Crippen LogP contribution in [0.3, 0.4) is 0 Å². The van der Waals surface area contributed by atoms with Crippen molar-refractivity contribution < 1.29 is 0 Å². The van der Waals surface area contributed by atoms with E-state index in [1.54, 1.807) is 32.1 Å². The molecule has 5 aliphatic rings. The van der Waals surface area contributed by atoms with Crippen LogP contribution in [0.4, 0.5) is 0 Å². The SMILES string of the molecule is CCC1CN(C2C3CC4CC(C3)CC2C4)CCN1. The van der Waals surface area contributed by atoms with E-state index in [-0.39, 0.29) is 0 Å². The van der Waals surface area contributed by atoms with E-state index in [0.29, 0.717) is 0 Å². The minimum absolute atomic E-state index is 0.760. The Labute approximate surface area is 111 Å². The van der Waals surface area contributed by atoms with Crippen molar-refractivity contribution in [1.82, 2.24) is 10.2 Å². The minimum Gasteiger partial charge on any atom is -0.311 e. The summed E-state index contributed by atoms with van der Waals surface area (Å²) in [5.41, 5.74) is 0. The van der Waals surface area contributed by atoms with Crippen molar-refractivity contribution in [2.75, 3.05) is 19.6 Å². The molecule has 1 N–H and O–H groups in total. The van der Waals surface area contributed by atoms with Crippen LogP contribution in [0.2, 0.25) is 0 Å². The van der Waals surface area contributed by atoms with Crippen LogP contribution in [-0.4, -0.2) is 36.6 Å². The lowest BCUT2D eigenvalue weighted by atomic mass is 9.54. The normalized spacial score (nSPS) is 51.8. The molecule has 0 aromatic rings. The molecule has 0 aromatic heterocycles. The van der Waals surface area contributed by atoms with E-state index >= 15 is 0 Å². The maximum atomic E-state index is 3.68. The smallest absolute Gasteiger partial charge is 0.0193 e. The van der Waals surface area contributed by atoms with Crippen LogP contribution < -0.4 is 5.32 Å². The second-order valence-electron chi connectivity index (χ2n) is 7.48. The second kappa shape index (κ2) is 4.49. The molecule has 4 saturated carbocycles. The highest BCUT2D eigenvalue weighted by atomic mass is 15.2. The summed E-state index contributed by atoms with van der Waals surface area (Å²) in [6, 6.07) is 1.73. The molecule has 1 unspecified atom stereocenters. The van der Waals surface area contributed by atoms with Gasteiger partial charge >= 0.3 is 0 Å². The largest absolute Gasteiger partial charge is 0.311 e. The quantitative estimate of drug-likeness (QED) is 0.808. The van der Waals surface area contributed by atoms with Gasteiger partial charge in [-0.15, -0.1) is 0 Å². The molecular weight excluding hydrogens is 220 g/mol. The van der Waals surface area contributed by atoms with Crippen LogP contribution in [0.15, 0.2) is 0 Å². The van der Waals surface area contributed by atoms with E-state index in [9.17, 15) is 0 Å². The van der Waals surface area contributed by atoms with Crippen molar-refractivity contribution in [2.45, 2.75) is 57.5 Å². The zero-order valence-corrected chi connectivity index (χ0v) is 11.8. The number of piperazine rings is 1. The maximum absolute atomic E-state index is 3.68. The lowest BCUT2D eigenvalue weighted by Gasteiger charge is -2.58. The van der Waals surface area contributed by atoms with Gasteiger partial charge in [0.1, 0.15) is 0 Å². The van der Waals surface area contributed by atoms with Gasteiger partial charge in [-0.3, -0.25) is 4.90 Å². The summed E-state index contributed by atoms with van der Waals surface area (Å²) < 4.78 is 0. The number of rotatable bonds is 2. The van der Waals surface area contributed by atoms with Crippen LogP contribution in [0.5, 0.6) is 0 Å². The van der Waals surface area contributed by atoms with Crippen LogP contribution in [0, 0.1) is 23.7 Å². The molecule has 0 spiro atoms. The predicted octanol–water partition coefficient (Wildman–Crippen LogP) is 2.49. The lowest BCUT2D eigenvalue weighted by Crippen LogP contribution is -2.61. The minimum atomic E-state index is 0.760. The second-order valence-corrected chi connectivity index (χ2v) is 7.48. The summed E-state index contributed by atoms with van der Waals surface area (Å²) >= 11 is 0. The van der Waals surface area contributed by atoms with E-state index in [2.05, 4.69) is 17.1 Å². The summed E-state index contributed by atoms with van der Waals surface area (Å²) in [6.07, 6.45) is 9.15. The van der Waals surface area contributed by atoms with Crippen molar-refractivity contribution in [2.24, 2.45) is 23.7 Å². The molecule has 0 amide bonds. The van der Waals surface area contributed by atoms with Gasteiger partial charge in [0.05, 0.1) is 0 Å². The van der Waals surface area contributed by atoms with Gasteiger partial charge in [0.25, 0.3) is 0 Å². The molecule has 5 rings (SSSR count). The number of nitrogens with one attached hydrogen (secondary N) is 1. The molecule has 102 valence electrons. The Kier molecular flexibility index (Phi) is 2.92. The summed E-state index contributed by atoms with van der Waals surface area (Å²) in [5, 5.41) is 3.68. The van der Waals surface area contributed by atoms with Gasteiger partial charge < -0.3 is 5.32 Å². The standard InChI is InChI=1S/C16H28N2/c1-2-15-10-18(4-3-17-15)16-13-6-11-5-12(8-13)9-14(16)7-11/h11-17H,2-10H2,1H3. The molecule has 1 saturated heterocycles.